The predicted octanol–water partition coefficient (Wildman–Crippen LogP) is 1.99. The summed E-state index contributed by atoms with van der Waals surface area (Å²) >= 11 is 0. The van der Waals surface area contributed by atoms with E-state index < -0.39 is 24.0 Å². The first-order valence-corrected chi connectivity index (χ1v) is 7.82. The van der Waals surface area contributed by atoms with Gasteiger partial charge in [0.1, 0.15) is 6.04 Å². The second-order valence-electron chi connectivity index (χ2n) is 5.79. The molecule has 0 saturated carbocycles. The molecule has 2 amide bonds. The van der Waals surface area contributed by atoms with Crippen molar-refractivity contribution in [3.05, 3.63) is 42.5 Å². The highest BCUT2D eigenvalue weighted by Gasteiger charge is 2.30. The third-order valence-electron chi connectivity index (χ3n) is 3.96. The van der Waals surface area contributed by atoms with Gasteiger partial charge in [0.15, 0.2) is 6.10 Å². The number of anilines is 1. The molecule has 0 bridgehead atoms. The van der Waals surface area contributed by atoms with Crippen molar-refractivity contribution in [1.82, 2.24) is 5.32 Å². The number of benzene rings is 2. The van der Waals surface area contributed by atoms with Crippen LogP contribution in [0.5, 0.6) is 0 Å². The Kier molecular flexibility index (Phi) is 4.46. The van der Waals surface area contributed by atoms with E-state index in [1.54, 1.807) is 6.07 Å². The van der Waals surface area contributed by atoms with Gasteiger partial charge in [-0.05, 0) is 36.2 Å². The van der Waals surface area contributed by atoms with Crippen LogP contribution < -0.4 is 10.6 Å². The van der Waals surface area contributed by atoms with E-state index in [-0.39, 0.29) is 5.91 Å². The van der Waals surface area contributed by atoms with Gasteiger partial charge in [0.2, 0.25) is 5.91 Å². The average molecular weight is 326 g/mol. The predicted molar refractivity (Wildman–Crippen MR) is 89.3 cm³/mol. The Morgan fingerprint density at radius 2 is 1.96 bits per heavy atom. The molecule has 2 aromatic rings. The van der Waals surface area contributed by atoms with Crippen molar-refractivity contribution < 1.29 is 19.1 Å². The monoisotopic (exact) mass is 326 g/mol. The normalized spacial score (nSPS) is 18.0. The Bertz CT molecular complexity index is 802. The molecule has 1 aliphatic rings. The molecule has 1 aliphatic heterocycles. The number of hydrogen-bond donors (Lipinski definition) is 2. The molecule has 6 nitrogen and oxygen atoms in total. The van der Waals surface area contributed by atoms with Gasteiger partial charge in [0.05, 0.1) is 0 Å². The summed E-state index contributed by atoms with van der Waals surface area (Å²) in [6.45, 7) is 1.51. The molecule has 24 heavy (non-hydrogen) atoms. The van der Waals surface area contributed by atoms with E-state index in [1.165, 1.54) is 6.92 Å². The molecule has 0 unspecified atom stereocenters. The molecular weight excluding hydrogens is 308 g/mol. The van der Waals surface area contributed by atoms with Crippen LogP contribution >= 0.6 is 0 Å². The quantitative estimate of drug-likeness (QED) is 0.842. The standard InChI is InChI=1S/C18H18N2O4/c1-11(24-18(23)15-8-9-16(21)20-15)17(22)19-14-7-6-12-4-2-3-5-13(12)10-14/h2-7,10-11,15H,8-9H2,1H3,(H,19,22)(H,20,21)/t11-,15-/m0/s1. The highest BCUT2D eigenvalue weighted by Crippen LogP contribution is 2.19. The van der Waals surface area contributed by atoms with Crippen LogP contribution in [0.2, 0.25) is 0 Å². The Morgan fingerprint density at radius 1 is 1.21 bits per heavy atom. The zero-order chi connectivity index (χ0) is 17.1. The molecule has 2 N–H and O–H groups in total. The molecule has 1 saturated heterocycles. The molecule has 3 rings (SSSR count). The summed E-state index contributed by atoms with van der Waals surface area (Å²) in [6, 6.07) is 12.7. The largest absolute Gasteiger partial charge is 0.451 e. The molecule has 0 radical (unpaired) electrons. The van der Waals surface area contributed by atoms with Gasteiger partial charge in [-0.3, -0.25) is 9.59 Å². The lowest BCUT2D eigenvalue weighted by atomic mass is 10.1. The maximum Gasteiger partial charge on any atom is 0.329 e. The minimum absolute atomic E-state index is 0.176. The van der Waals surface area contributed by atoms with Gasteiger partial charge in [-0.1, -0.05) is 30.3 Å². The Hall–Kier alpha value is -2.89. The van der Waals surface area contributed by atoms with Crippen LogP contribution in [0.3, 0.4) is 0 Å². The lowest BCUT2D eigenvalue weighted by Crippen LogP contribution is -2.39. The zero-order valence-corrected chi connectivity index (χ0v) is 13.2. The number of fused-ring (bicyclic) bond motifs is 1. The summed E-state index contributed by atoms with van der Waals surface area (Å²) in [5.74, 6) is -1.17. The van der Waals surface area contributed by atoms with Gasteiger partial charge >= 0.3 is 5.97 Å². The van der Waals surface area contributed by atoms with Crippen LogP contribution in [-0.2, 0) is 19.1 Å². The highest BCUT2D eigenvalue weighted by molar-refractivity contribution is 5.98. The number of amides is 2. The number of carbonyl (C=O) groups is 3. The first kappa shape index (κ1) is 16.0. The fraction of sp³-hybridized carbons (Fsp3) is 0.278. The minimum Gasteiger partial charge on any atom is -0.451 e. The second kappa shape index (κ2) is 6.70. The molecule has 124 valence electrons. The molecule has 1 fully saturated rings. The van der Waals surface area contributed by atoms with Crippen LogP contribution in [0.15, 0.2) is 42.5 Å². The van der Waals surface area contributed by atoms with Crippen molar-refractivity contribution in [2.45, 2.75) is 31.9 Å². The van der Waals surface area contributed by atoms with Crippen LogP contribution in [-0.4, -0.2) is 29.9 Å². The molecule has 0 aromatic heterocycles. The number of hydrogen-bond acceptors (Lipinski definition) is 4. The van der Waals surface area contributed by atoms with E-state index >= 15 is 0 Å². The maximum atomic E-state index is 12.2. The van der Waals surface area contributed by atoms with Crippen molar-refractivity contribution >= 4 is 34.2 Å². The summed E-state index contributed by atoms with van der Waals surface area (Å²) in [6.07, 6.45) is -0.241. The van der Waals surface area contributed by atoms with Crippen LogP contribution in [0.25, 0.3) is 10.8 Å². The summed E-state index contributed by atoms with van der Waals surface area (Å²) in [5.41, 5.74) is 0.635. The van der Waals surface area contributed by atoms with Crippen LogP contribution in [0.1, 0.15) is 19.8 Å². The number of nitrogens with one attached hydrogen (secondary N) is 2. The van der Waals surface area contributed by atoms with E-state index in [9.17, 15) is 14.4 Å². The van der Waals surface area contributed by atoms with Gasteiger partial charge < -0.3 is 15.4 Å². The van der Waals surface area contributed by atoms with Gasteiger partial charge in [-0.2, -0.15) is 0 Å². The number of esters is 1. The first-order valence-electron chi connectivity index (χ1n) is 7.82. The summed E-state index contributed by atoms with van der Waals surface area (Å²) < 4.78 is 5.14. The van der Waals surface area contributed by atoms with Crippen molar-refractivity contribution in [1.29, 1.82) is 0 Å². The Morgan fingerprint density at radius 3 is 2.67 bits per heavy atom. The number of rotatable bonds is 4. The van der Waals surface area contributed by atoms with E-state index in [0.29, 0.717) is 18.5 Å². The summed E-state index contributed by atoms with van der Waals surface area (Å²) in [4.78, 5) is 35.2. The van der Waals surface area contributed by atoms with Gasteiger partial charge in [0, 0.05) is 12.1 Å². The fourth-order valence-corrected chi connectivity index (χ4v) is 2.61. The van der Waals surface area contributed by atoms with Crippen molar-refractivity contribution in [3.8, 4) is 0 Å². The highest BCUT2D eigenvalue weighted by atomic mass is 16.5. The lowest BCUT2D eigenvalue weighted by molar-refractivity contribution is -0.155. The number of ether oxygens (including phenoxy) is 1. The lowest BCUT2D eigenvalue weighted by Gasteiger charge is -2.16. The van der Waals surface area contributed by atoms with Crippen molar-refractivity contribution in [3.63, 3.8) is 0 Å². The molecular formula is C18H18N2O4. The van der Waals surface area contributed by atoms with E-state index in [2.05, 4.69) is 10.6 Å². The van der Waals surface area contributed by atoms with Crippen molar-refractivity contribution in [2.24, 2.45) is 0 Å². The third-order valence-corrected chi connectivity index (χ3v) is 3.96. The fourth-order valence-electron chi connectivity index (χ4n) is 2.61. The van der Waals surface area contributed by atoms with E-state index in [4.69, 9.17) is 4.74 Å². The van der Waals surface area contributed by atoms with E-state index in [1.807, 2.05) is 36.4 Å². The Labute approximate surface area is 139 Å². The molecule has 1 heterocycles. The molecule has 0 aliphatic carbocycles. The summed E-state index contributed by atoms with van der Waals surface area (Å²) in [5, 5.41) is 7.34. The molecule has 6 heteroatoms. The van der Waals surface area contributed by atoms with E-state index in [0.717, 1.165) is 10.8 Å². The Balaban J connectivity index is 1.60. The minimum atomic E-state index is -0.943. The van der Waals surface area contributed by atoms with Gasteiger partial charge in [-0.25, -0.2) is 4.79 Å². The summed E-state index contributed by atoms with van der Waals surface area (Å²) in [7, 11) is 0. The topological polar surface area (TPSA) is 84.5 Å². The van der Waals surface area contributed by atoms with Gasteiger partial charge in [-0.15, -0.1) is 0 Å². The van der Waals surface area contributed by atoms with Crippen LogP contribution in [0.4, 0.5) is 5.69 Å². The molecule has 2 atom stereocenters. The molecule has 0 spiro atoms. The number of carbonyl (C=O) groups excluding carboxylic acids is 3. The van der Waals surface area contributed by atoms with Gasteiger partial charge in [0.25, 0.3) is 5.91 Å². The third kappa shape index (κ3) is 3.53. The zero-order valence-electron chi connectivity index (χ0n) is 13.2. The van der Waals surface area contributed by atoms with Crippen LogP contribution in [0, 0.1) is 0 Å². The average Bonchev–Trinajstić information content (AvgIpc) is 3.01. The first-order chi connectivity index (χ1) is 11.5. The smallest absolute Gasteiger partial charge is 0.329 e. The SMILES string of the molecule is C[C@H](OC(=O)[C@@H]1CCC(=O)N1)C(=O)Nc1ccc2ccccc2c1. The van der Waals surface area contributed by atoms with Crippen molar-refractivity contribution in [2.75, 3.05) is 5.32 Å². The molecule has 2 aromatic carbocycles. The maximum absolute atomic E-state index is 12.2. The second-order valence-corrected chi connectivity index (χ2v) is 5.79.